The molecular weight excluding hydrogens is 445 g/mol. The van der Waals surface area contributed by atoms with Crippen LogP contribution in [-0.4, -0.2) is 42.6 Å². The van der Waals surface area contributed by atoms with Crippen molar-refractivity contribution in [1.29, 1.82) is 0 Å². The van der Waals surface area contributed by atoms with Crippen LogP contribution in [0.1, 0.15) is 42.5 Å². The molecule has 4 rings (SSSR count). The second kappa shape index (κ2) is 9.65. The zero-order chi connectivity index (χ0) is 21.1. The molecule has 2 aromatic carbocycles. The molecule has 0 saturated carbocycles. The Balaban J connectivity index is 1.46. The van der Waals surface area contributed by atoms with E-state index in [1.807, 2.05) is 18.2 Å². The molecule has 2 aromatic rings. The maximum absolute atomic E-state index is 9.71. The van der Waals surface area contributed by atoms with Gasteiger partial charge >= 0.3 is 0 Å². The Hall–Kier alpha value is -1.66. The number of hydrogen-bond donors (Lipinski definition) is 2. The Labute approximate surface area is 191 Å². The Kier molecular flexibility index (Phi) is 6.94. The molecule has 1 fully saturated rings. The summed E-state index contributed by atoms with van der Waals surface area (Å²) < 4.78 is 5.92. The Morgan fingerprint density at radius 1 is 1.03 bits per heavy atom. The van der Waals surface area contributed by atoms with E-state index in [-0.39, 0.29) is 17.8 Å². The quantitative estimate of drug-likeness (QED) is 0.577. The highest BCUT2D eigenvalue weighted by Crippen LogP contribution is 2.44. The summed E-state index contributed by atoms with van der Waals surface area (Å²) in [7, 11) is 0. The monoisotopic (exact) mass is 467 g/mol. The zero-order valence-corrected chi connectivity index (χ0v) is 18.7. The van der Waals surface area contributed by atoms with E-state index in [0.717, 1.165) is 30.9 Å². The minimum absolute atomic E-state index is 0.0216. The number of halogens is 3. The van der Waals surface area contributed by atoms with Crippen molar-refractivity contribution in [3.63, 3.8) is 0 Å². The molecule has 0 unspecified atom stereocenters. The second-order valence-corrected chi connectivity index (χ2v) is 8.85. The Morgan fingerprint density at radius 2 is 1.77 bits per heavy atom. The average Bonchev–Trinajstić information content (AvgIpc) is 3.17. The van der Waals surface area contributed by atoms with E-state index in [2.05, 4.69) is 15.2 Å². The fourth-order valence-corrected chi connectivity index (χ4v) is 5.06. The number of hydrogen-bond acceptors (Lipinski definition) is 5. The highest BCUT2D eigenvalue weighted by molar-refractivity contribution is 6.36. The zero-order valence-electron chi connectivity index (χ0n) is 16.5. The first-order valence-corrected chi connectivity index (χ1v) is 11.3. The topological polar surface area (TPSA) is 57.1 Å². The number of benzene rings is 2. The van der Waals surface area contributed by atoms with Gasteiger partial charge in [-0.15, -0.1) is 0 Å². The van der Waals surface area contributed by atoms with Gasteiger partial charge in [0.05, 0.1) is 22.4 Å². The van der Waals surface area contributed by atoms with Gasteiger partial charge in [0.2, 0.25) is 0 Å². The molecule has 2 atom stereocenters. The Bertz CT molecular complexity index is 909. The van der Waals surface area contributed by atoms with Crippen molar-refractivity contribution in [3.8, 4) is 11.5 Å². The van der Waals surface area contributed by atoms with Crippen LogP contribution in [0.5, 0.6) is 11.5 Å². The lowest BCUT2D eigenvalue weighted by Gasteiger charge is -2.26. The maximum atomic E-state index is 9.71. The molecule has 1 saturated heterocycles. The normalized spacial score (nSPS) is 21.6. The molecule has 160 valence electrons. The van der Waals surface area contributed by atoms with E-state index in [1.165, 1.54) is 31.4 Å². The van der Waals surface area contributed by atoms with Gasteiger partial charge in [-0.1, -0.05) is 47.3 Å². The SMILES string of the molecule is Oc1cc(Cl)c([C@H]2NC=N[C@H]2c2ccc(OCCN3CCCCC3)cc2Cl)c(Cl)c1. The highest BCUT2D eigenvalue weighted by atomic mass is 35.5. The van der Waals surface area contributed by atoms with Crippen LogP contribution in [0.25, 0.3) is 0 Å². The van der Waals surface area contributed by atoms with Crippen molar-refractivity contribution in [2.45, 2.75) is 31.3 Å². The summed E-state index contributed by atoms with van der Waals surface area (Å²) in [4.78, 5) is 6.97. The van der Waals surface area contributed by atoms with Crippen LogP contribution in [0.2, 0.25) is 15.1 Å². The van der Waals surface area contributed by atoms with Gasteiger partial charge in [0.25, 0.3) is 0 Å². The number of ether oxygens (including phenoxy) is 1. The van der Waals surface area contributed by atoms with Gasteiger partial charge in [0, 0.05) is 17.1 Å². The van der Waals surface area contributed by atoms with E-state index in [4.69, 9.17) is 39.5 Å². The van der Waals surface area contributed by atoms with E-state index in [0.29, 0.717) is 27.2 Å². The third-order valence-electron chi connectivity index (χ3n) is 5.60. The second-order valence-electron chi connectivity index (χ2n) is 7.62. The highest BCUT2D eigenvalue weighted by Gasteiger charge is 2.32. The van der Waals surface area contributed by atoms with Gasteiger partial charge in [-0.05, 0) is 55.8 Å². The lowest BCUT2D eigenvalue weighted by molar-refractivity contribution is 0.183. The van der Waals surface area contributed by atoms with E-state index in [9.17, 15) is 5.11 Å². The largest absolute Gasteiger partial charge is 0.508 e. The number of phenols is 1. The first kappa shape index (κ1) is 21.6. The Morgan fingerprint density at radius 3 is 2.47 bits per heavy atom. The van der Waals surface area contributed by atoms with Gasteiger partial charge < -0.3 is 15.2 Å². The smallest absolute Gasteiger partial charge is 0.120 e. The van der Waals surface area contributed by atoms with E-state index in [1.54, 1.807) is 6.34 Å². The minimum Gasteiger partial charge on any atom is -0.508 e. The lowest BCUT2D eigenvalue weighted by atomic mass is 9.94. The molecule has 2 aliphatic heterocycles. The van der Waals surface area contributed by atoms with Crippen LogP contribution < -0.4 is 10.1 Å². The third-order valence-corrected chi connectivity index (χ3v) is 6.55. The molecule has 0 radical (unpaired) electrons. The standard InChI is InChI=1S/C22H24Cl3N3O2/c23-17-12-15(30-9-8-28-6-2-1-3-7-28)4-5-16(17)21-22(27-13-26-21)20-18(24)10-14(29)11-19(20)25/h4-5,10-13,21-22,29H,1-3,6-9H2,(H,26,27)/t21-,22+/m0/s1. The molecule has 2 N–H and O–H groups in total. The summed E-state index contributed by atoms with van der Waals surface area (Å²) in [6, 6.07) is 8.05. The van der Waals surface area contributed by atoms with Crippen LogP contribution in [0, 0.1) is 0 Å². The van der Waals surface area contributed by atoms with Gasteiger partial charge in [-0.2, -0.15) is 0 Å². The molecular formula is C22H24Cl3N3O2. The summed E-state index contributed by atoms with van der Waals surface area (Å²) in [5.41, 5.74) is 1.53. The molecule has 5 nitrogen and oxygen atoms in total. The number of nitrogens with one attached hydrogen (secondary N) is 1. The first-order valence-electron chi connectivity index (χ1n) is 10.1. The molecule has 2 heterocycles. The molecule has 2 aliphatic rings. The van der Waals surface area contributed by atoms with Crippen molar-refractivity contribution >= 4 is 41.1 Å². The minimum atomic E-state index is -0.292. The number of piperidine rings is 1. The summed E-state index contributed by atoms with van der Waals surface area (Å²) in [5.74, 6) is 0.765. The molecule has 0 bridgehead atoms. The van der Waals surface area contributed by atoms with Crippen molar-refractivity contribution in [2.75, 3.05) is 26.2 Å². The van der Waals surface area contributed by atoms with Gasteiger partial charge in [-0.3, -0.25) is 9.89 Å². The predicted octanol–water partition coefficient (Wildman–Crippen LogP) is 5.63. The van der Waals surface area contributed by atoms with Crippen molar-refractivity contribution < 1.29 is 9.84 Å². The van der Waals surface area contributed by atoms with Crippen LogP contribution in [-0.2, 0) is 0 Å². The van der Waals surface area contributed by atoms with Crippen LogP contribution >= 0.6 is 34.8 Å². The molecule has 0 aliphatic carbocycles. The van der Waals surface area contributed by atoms with Crippen LogP contribution in [0.15, 0.2) is 35.3 Å². The third kappa shape index (κ3) is 4.80. The van der Waals surface area contributed by atoms with E-state index >= 15 is 0 Å². The number of aliphatic imine (C=N–C) groups is 1. The van der Waals surface area contributed by atoms with Crippen LogP contribution in [0.3, 0.4) is 0 Å². The lowest BCUT2D eigenvalue weighted by Crippen LogP contribution is -2.33. The van der Waals surface area contributed by atoms with Crippen molar-refractivity contribution in [1.82, 2.24) is 10.2 Å². The predicted molar refractivity (Wildman–Crippen MR) is 122 cm³/mol. The molecule has 0 amide bonds. The summed E-state index contributed by atoms with van der Waals surface area (Å²) in [6.45, 7) is 3.87. The molecule has 0 spiro atoms. The number of aromatic hydroxyl groups is 1. The maximum Gasteiger partial charge on any atom is 0.120 e. The first-order chi connectivity index (χ1) is 14.5. The van der Waals surface area contributed by atoms with E-state index < -0.39 is 0 Å². The summed E-state index contributed by atoms with van der Waals surface area (Å²) in [5, 5.41) is 14.2. The number of likely N-dealkylation sites (tertiary alicyclic amines) is 1. The van der Waals surface area contributed by atoms with Crippen molar-refractivity contribution in [2.24, 2.45) is 4.99 Å². The fraction of sp³-hybridized carbons (Fsp3) is 0.409. The number of nitrogens with zero attached hydrogens (tertiary/aromatic N) is 2. The number of rotatable bonds is 6. The van der Waals surface area contributed by atoms with Crippen molar-refractivity contribution in [3.05, 3.63) is 56.5 Å². The van der Waals surface area contributed by atoms with Crippen LogP contribution in [0.4, 0.5) is 0 Å². The number of phenolic OH excluding ortho intramolecular Hbond substituents is 1. The van der Waals surface area contributed by atoms with Gasteiger partial charge in [0.15, 0.2) is 0 Å². The molecule has 8 heteroatoms. The average molecular weight is 469 g/mol. The van der Waals surface area contributed by atoms with Gasteiger partial charge in [-0.25, -0.2) is 0 Å². The van der Waals surface area contributed by atoms with Gasteiger partial charge in [0.1, 0.15) is 24.1 Å². The summed E-state index contributed by atoms with van der Waals surface area (Å²) in [6.07, 6.45) is 5.50. The molecule has 30 heavy (non-hydrogen) atoms. The summed E-state index contributed by atoms with van der Waals surface area (Å²) >= 11 is 19.3. The fourth-order valence-electron chi connectivity index (χ4n) is 4.06. The molecule has 0 aromatic heterocycles.